The molecule has 0 atom stereocenters. The number of furan rings is 1. The highest BCUT2D eigenvalue weighted by molar-refractivity contribution is 6.04. The molecule has 0 saturated heterocycles. The van der Waals surface area contributed by atoms with Crippen LogP contribution in [-0.2, 0) is 6.42 Å². The summed E-state index contributed by atoms with van der Waals surface area (Å²) in [6.07, 6.45) is 2.11. The highest BCUT2D eigenvalue weighted by atomic mass is 16.3. The Morgan fingerprint density at radius 1 is 1.20 bits per heavy atom. The second-order valence-corrected chi connectivity index (χ2v) is 6.93. The number of hydrogen-bond acceptors (Lipinski definition) is 5. The van der Waals surface area contributed by atoms with Gasteiger partial charge >= 0.3 is 0 Å². The van der Waals surface area contributed by atoms with E-state index < -0.39 is 0 Å². The van der Waals surface area contributed by atoms with E-state index in [1.807, 2.05) is 26.0 Å². The van der Waals surface area contributed by atoms with Crippen LogP contribution >= 0.6 is 0 Å². The van der Waals surface area contributed by atoms with Crippen molar-refractivity contribution < 1.29 is 9.21 Å². The Morgan fingerprint density at radius 3 is 2.60 bits per heavy atom. The van der Waals surface area contributed by atoms with Gasteiger partial charge in [-0.05, 0) is 44.5 Å². The molecule has 0 bridgehead atoms. The highest BCUT2D eigenvalue weighted by Crippen LogP contribution is 2.24. The SMILES string of the molecule is CCc1c(C)nc(-n2nc(-c3ccco3)cc2NC(=O)c2ccc(C)cc2)[nH]c1=O. The monoisotopic (exact) mass is 403 g/mol. The molecule has 0 saturated carbocycles. The van der Waals surface area contributed by atoms with Crippen LogP contribution in [0.1, 0.15) is 34.1 Å². The van der Waals surface area contributed by atoms with Gasteiger partial charge in [-0.15, -0.1) is 0 Å². The van der Waals surface area contributed by atoms with Crippen LogP contribution in [-0.4, -0.2) is 25.7 Å². The number of aromatic nitrogens is 4. The summed E-state index contributed by atoms with van der Waals surface area (Å²) in [5.41, 5.74) is 3.06. The molecule has 152 valence electrons. The van der Waals surface area contributed by atoms with Crippen molar-refractivity contribution in [3.63, 3.8) is 0 Å². The summed E-state index contributed by atoms with van der Waals surface area (Å²) in [7, 11) is 0. The summed E-state index contributed by atoms with van der Waals surface area (Å²) in [4.78, 5) is 32.5. The summed E-state index contributed by atoms with van der Waals surface area (Å²) < 4.78 is 6.83. The van der Waals surface area contributed by atoms with E-state index in [2.05, 4.69) is 20.4 Å². The molecule has 1 aromatic carbocycles. The fraction of sp³-hybridized carbons (Fsp3) is 0.182. The van der Waals surface area contributed by atoms with Crippen LogP contribution in [0.3, 0.4) is 0 Å². The van der Waals surface area contributed by atoms with E-state index in [0.29, 0.717) is 40.5 Å². The predicted molar refractivity (Wildman–Crippen MR) is 113 cm³/mol. The van der Waals surface area contributed by atoms with Gasteiger partial charge < -0.3 is 9.73 Å². The van der Waals surface area contributed by atoms with Gasteiger partial charge in [-0.1, -0.05) is 24.6 Å². The zero-order valence-corrected chi connectivity index (χ0v) is 16.9. The smallest absolute Gasteiger partial charge is 0.256 e. The summed E-state index contributed by atoms with van der Waals surface area (Å²) in [5.74, 6) is 0.806. The van der Waals surface area contributed by atoms with Gasteiger partial charge in [-0.3, -0.25) is 14.6 Å². The molecule has 0 aliphatic rings. The molecule has 2 N–H and O–H groups in total. The molecule has 1 amide bonds. The highest BCUT2D eigenvalue weighted by Gasteiger charge is 2.18. The van der Waals surface area contributed by atoms with Crippen LogP contribution in [0.25, 0.3) is 17.4 Å². The normalized spacial score (nSPS) is 10.9. The van der Waals surface area contributed by atoms with E-state index >= 15 is 0 Å². The van der Waals surface area contributed by atoms with Gasteiger partial charge in [0.25, 0.3) is 11.5 Å². The van der Waals surface area contributed by atoms with Gasteiger partial charge in [0.2, 0.25) is 5.95 Å². The zero-order valence-electron chi connectivity index (χ0n) is 16.9. The maximum Gasteiger partial charge on any atom is 0.256 e. The maximum atomic E-state index is 12.8. The molecule has 0 aliphatic heterocycles. The third-order valence-electron chi connectivity index (χ3n) is 4.80. The lowest BCUT2D eigenvalue weighted by molar-refractivity contribution is 0.102. The zero-order chi connectivity index (χ0) is 21.3. The molecule has 0 radical (unpaired) electrons. The largest absolute Gasteiger partial charge is 0.463 e. The third kappa shape index (κ3) is 3.67. The van der Waals surface area contributed by atoms with Crippen molar-refractivity contribution in [2.75, 3.05) is 5.32 Å². The minimum atomic E-state index is -0.300. The van der Waals surface area contributed by atoms with E-state index in [4.69, 9.17) is 4.42 Å². The lowest BCUT2D eigenvalue weighted by Gasteiger charge is -2.10. The van der Waals surface area contributed by atoms with Gasteiger partial charge in [0.15, 0.2) is 5.76 Å². The van der Waals surface area contributed by atoms with Crippen molar-refractivity contribution in [3.8, 4) is 17.4 Å². The van der Waals surface area contributed by atoms with Crippen LogP contribution in [0.4, 0.5) is 5.82 Å². The van der Waals surface area contributed by atoms with Crippen molar-refractivity contribution in [2.24, 2.45) is 0 Å². The molecule has 0 aliphatic carbocycles. The Balaban J connectivity index is 1.78. The average molecular weight is 403 g/mol. The number of rotatable bonds is 5. The Morgan fingerprint density at radius 2 is 1.97 bits per heavy atom. The first kappa shape index (κ1) is 19.4. The summed E-state index contributed by atoms with van der Waals surface area (Å²) >= 11 is 0. The number of hydrogen-bond donors (Lipinski definition) is 2. The third-order valence-corrected chi connectivity index (χ3v) is 4.80. The van der Waals surface area contributed by atoms with Crippen LogP contribution in [0.5, 0.6) is 0 Å². The molecular formula is C22H21N5O3. The molecule has 30 heavy (non-hydrogen) atoms. The summed E-state index contributed by atoms with van der Waals surface area (Å²) in [5, 5.41) is 7.35. The number of carbonyl (C=O) groups is 1. The first-order valence-corrected chi connectivity index (χ1v) is 9.58. The lowest BCUT2D eigenvalue weighted by atomic mass is 10.1. The Hall–Kier alpha value is -3.94. The van der Waals surface area contributed by atoms with Crippen molar-refractivity contribution in [1.29, 1.82) is 0 Å². The van der Waals surface area contributed by atoms with E-state index in [0.717, 1.165) is 5.56 Å². The van der Waals surface area contributed by atoms with Gasteiger partial charge in [-0.25, -0.2) is 4.98 Å². The van der Waals surface area contributed by atoms with Gasteiger partial charge in [0, 0.05) is 22.9 Å². The lowest BCUT2D eigenvalue weighted by Crippen LogP contribution is -2.22. The number of nitrogens with zero attached hydrogens (tertiary/aromatic N) is 3. The van der Waals surface area contributed by atoms with Gasteiger partial charge in [0.1, 0.15) is 11.5 Å². The molecule has 4 rings (SSSR count). The number of amides is 1. The van der Waals surface area contributed by atoms with E-state index in [1.54, 1.807) is 43.5 Å². The fourth-order valence-corrected chi connectivity index (χ4v) is 3.18. The van der Waals surface area contributed by atoms with Crippen molar-refractivity contribution >= 4 is 11.7 Å². The Kier molecular flexibility index (Phi) is 5.05. The van der Waals surface area contributed by atoms with Crippen LogP contribution < -0.4 is 10.9 Å². The molecule has 0 spiro atoms. The number of benzene rings is 1. The molecule has 0 unspecified atom stereocenters. The van der Waals surface area contributed by atoms with Crippen molar-refractivity contribution in [2.45, 2.75) is 27.2 Å². The average Bonchev–Trinajstić information content (AvgIpc) is 3.38. The molecule has 4 aromatic rings. The topological polar surface area (TPSA) is 106 Å². The number of anilines is 1. The quantitative estimate of drug-likeness (QED) is 0.529. The van der Waals surface area contributed by atoms with Crippen molar-refractivity contribution in [1.82, 2.24) is 19.7 Å². The van der Waals surface area contributed by atoms with E-state index in [-0.39, 0.29) is 17.4 Å². The maximum absolute atomic E-state index is 12.8. The van der Waals surface area contributed by atoms with Crippen LogP contribution in [0.2, 0.25) is 0 Å². The van der Waals surface area contributed by atoms with Crippen LogP contribution in [0.15, 0.2) is 57.9 Å². The van der Waals surface area contributed by atoms with Crippen LogP contribution in [0, 0.1) is 13.8 Å². The number of H-pyrrole nitrogens is 1. The van der Waals surface area contributed by atoms with E-state index in [9.17, 15) is 9.59 Å². The van der Waals surface area contributed by atoms with Gasteiger partial charge in [0.05, 0.1) is 6.26 Å². The first-order valence-electron chi connectivity index (χ1n) is 9.58. The molecule has 3 aromatic heterocycles. The summed E-state index contributed by atoms with van der Waals surface area (Å²) in [6.45, 7) is 5.63. The number of aryl methyl sites for hydroxylation is 2. The molecule has 8 heteroatoms. The Bertz CT molecular complexity index is 1250. The fourth-order valence-electron chi connectivity index (χ4n) is 3.18. The van der Waals surface area contributed by atoms with E-state index in [1.165, 1.54) is 4.68 Å². The minimum absolute atomic E-state index is 0.215. The van der Waals surface area contributed by atoms with Crippen molar-refractivity contribution in [3.05, 3.63) is 81.5 Å². The number of aromatic amines is 1. The second kappa shape index (κ2) is 7.82. The molecular weight excluding hydrogens is 382 g/mol. The molecule has 8 nitrogen and oxygen atoms in total. The van der Waals surface area contributed by atoms with Gasteiger partial charge in [-0.2, -0.15) is 9.78 Å². The molecule has 3 heterocycles. The minimum Gasteiger partial charge on any atom is -0.463 e. The second-order valence-electron chi connectivity index (χ2n) is 6.93. The predicted octanol–water partition coefficient (Wildman–Crippen LogP) is 3.65. The first-order chi connectivity index (χ1) is 14.5. The standard InChI is InChI=1S/C22H21N5O3/c1-4-16-14(3)23-22(25-21(16)29)27-19(12-17(26-27)18-6-5-11-30-18)24-20(28)15-9-7-13(2)8-10-15/h5-12H,4H2,1-3H3,(H,24,28)(H,23,25,29). The number of carbonyl (C=O) groups excluding carboxylic acids is 1. The number of nitrogens with one attached hydrogen (secondary N) is 2. The summed E-state index contributed by atoms with van der Waals surface area (Å²) in [6, 6.07) is 12.4. The Labute approximate surface area is 172 Å². The molecule has 0 fully saturated rings.